The van der Waals surface area contributed by atoms with Gasteiger partial charge < -0.3 is 10.0 Å². The van der Waals surface area contributed by atoms with E-state index in [4.69, 9.17) is 0 Å². The highest BCUT2D eigenvalue weighted by molar-refractivity contribution is 5.78. The van der Waals surface area contributed by atoms with Crippen molar-refractivity contribution in [3.05, 3.63) is 0 Å². The maximum atomic E-state index is 11.9. The van der Waals surface area contributed by atoms with Crippen molar-refractivity contribution in [3.8, 4) is 0 Å². The highest BCUT2D eigenvalue weighted by atomic mass is 16.3. The quantitative estimate of drug-likeness (QED) is 0.749. The number of amides is 1. The number of likely N-dealkylation sites (tertiary alicyclic amines) is 1. The molecule has 1 amide bonds. The molecule has 1 heterocycles. The van der Waals surface area contributed by atoms with Crippen molar-refractivity contribution in [2.75, 3.05) is 6.54 Å². The van der Waals surface area contributed by atoms with E-state index in [1.54, 1.807) is 0 Å². The Bertz CT molecular complexity index is 351. The topological polar surface area (TPSA) is 40.5 Å². The van der Waals surface area contributed by atoms with Crippen LogP contribution in [0.25, 0.3) is 0 Å². The van der Waals surface area contributed by atoms with E-state index in [0.717, 1.165) is 44.6 Å². The number of hydrogen-bond donors (Lipinski definition) is 1. The zero-order valence-electron chi connectivity index (χ0n) is 10.3. The minimum absolute atomic E-state index is 0.365. The Hall–Kier alpha value is -0.570. The molecule has 4 aliphatic carbocycles. The van der Waals surface area contributed by atoms with Gasteiger partial charge in [-0.3, -0.25) is 4.79 Å². The van der Waals surface area contributed by atoms with Gasteiger partial charge in [0.15, 0.2) is 0 Å². The predicted octanol–water partition coefficient (Wildman–Crippen LogP) is 1.55. The molecule has 3 heteroatoms. The predicted molar refractivity (Wildman–Crippen MR) is 63.2 cm³/mol. The van der Waals surface area contributed by atoms with Crippen LogP contribution in [-0.4, -0.2) is 34.1 Å². The Morgan fingerprint density at radius 2 is 1.88 bits per heavy atom. The molecule has 1 saturated heterocycles. The van der Waals surface area contributed by atoms with E-state index in [1.165, 1.54) is 12.8 Å². The zero-order chi connectivity index (χ0) is 11.6. The average Bonchev–Trinajstić information content (AvgIpc) is 2.61. The molecule has 17 heavy (non-hydrogen) atoms. The lowest BCUT2D eigenvalue weighted by atomic mass is 9.52. The van der Waals surface area contributed by atoms with Crippen molar-refractivity contribution >= 4 is 5.91 Å². The molecule has 1 N–H and O–H groups in total. The van der Waals surface area contributed by atoms with Crippen LogP contribution in [-0.2, 0) is 4.79 Å². The molecule has 5 rings (SSSR count). The Morgan fingerprint density at radius 1 is 1.18 bits per heavy atom. The molecule has 3 nitrogen and oxygen atoms in total. The number of carbonyl (C=O) groups is 1. The molecular weight excluding hydrogens is 214 g/mol. The highest BCUT2D eigenvalue weighted by Gasteiger charge is 2.56. The summed E-state index contributed by atoms with van der Waals surface area (Å²) in [4.78, 5) is 14.1. The molecule has 0 aromatic carbocycles. The van der Waals surface area contributed by atoms with Gasteiger partial charge >= 0.3 is 0 Å². The molecule has 0 aromatic rings. The maximum absolute atomic E-state index is 11.9. The van der Waals surface area contributed by atoms with Gasteiger partial charge in [0.05, 0.1) is 5.60 Å². The SMILES string of the molecule is O=C1CCCN1C1[C@@H]2CC3C[C@H]1CC(O)(C3)C2. The Kier molecular flexibility index (Phi) is 1.98. The van der Waals surface area contributed by atoms with Crippen molar-refractivity contribution in [1.29, 1.82) is 0 Å². The van der Waals surface area contributed by atoms with E-state index >= 15 is 0 Å². The molecule has 0 spiro atoms. The lowest BCUT2D eigenvalue weighted by molar-refractivity contribution is -0.166. The Morgan fingerprint density at radius 3 is 2.41 bits per heavy atom. The van der Waals surface area contributed by atoms with Crippen LogP contribution < -0.4 is 0 Å². The van der Waals surface area contributed by atoms with Crippen LogP contribution >= 0.6 is 0 Å². The highest BCUT2D eigenvalue weighted by Crippen LogP contribution is 2.57. The first kappa shape index (κ1) is 10.4. The van der Waals surface area contributed by atoms with Crippen molar-refractivity contribution in [2.24, 2.45) is 17.8 Å². The van der Waals surface area contributed by atoms with Crippen LogP contribution in [0.3, 0.4) is 0 Å². The fourth-order valence-corrected chi connectivity index (χ4v) is 5.45. The van der Waals surface area contributed by atoms with Crippen LogP contribution in [0.2, 0.25) is 0 Å². The molecule has 0 aromatic heterocycles. The molecule has 4 saturated carbocycles. The molecular formula is C14H21NO2. The molecule has 4 bridgehead atoms. The van der Waals surface area contributed by atoms with Crippen LogP contribution in [0, 0.1) is 17.8 Å². The Labute approximate surface area is 102 Å². The molecule has 3 unspecified atom stereocenters. The summed E-state index contributed by atoms with van der Waals surface area (Å²) < 4.78 is 0. The van der Waals surface area contributed by atoms with Gasteiger partial charge in [0.25, 0.3) is 0 Å². The van der Waals surface area contributed by atoms with Crippen LogP contribution in [0.4, 0.5) is 0 Å². The van der Waals surface area contributed by atoms with Gasteiger partial charge in [0.2, 0.25) is 5.91 Å². The van der Waals surface area contributed by atoms with E-state index in [9.17, 15) is 9.90 Å². The van der Waals surface area contributed by atoms with Crippen molar-refractivity contribution < 1.29 is 9.90 Å². The third kappa shape index (κ3) is 1.41. The second kappa shape index (κ2) is 3.25. The first-order valence-electron chi connectivity index (χ1n) is 7.16. The first-order valence-corrected chi connectivity index (χ1v) is 7.16. The van der Waals surface area contributed by atoms with Gasteiger partial charge in [-0.2, -0.15) is 0 Å². The smallest absolute Gasteiger partial charge is 0.222 e. The molecule has 94 valence electrons. The number of carbonyl (C=O) groups excluding carboxylic acids is 1. The minimum Gasteiger partial charge on any atom is -0.390 e. The van der Waals surface area contributed by atoms with Crippen molar-refractivity contribution in [2.45, 2.75) is 56.6 Å². The van der Waals surface area contributed by atoms with Gasteiger partial charge in [-0.05, 0) is 56.3 Å². The Balaban J connectivity index is 1.64. The summed E-state index contributed by atoms with van der Waals surface area (Å²) in [7, 11) is 0. The third-order valence-electron chi connectivity index (χ3n) is 5.66. The van der Waals surface area contributed by atoms with Gasteiger partial charge in [0.1, 0.15) is 0 Å². The maximum Gasteiger partial charge on any atom is 0.222 e. The fourth-order valence-electron chi connectivity index (χ4n) is 5.45. The number of nitrogens with zero attached hydrogens (tertiary/aromatic N) is 1. The number of hydrogen-bond acceptors (Lipinski definition) is 2. The first-order chi connectivity index (χ1) is 8.15. The van der Waals surface area contributed by atoms with Crippen molar-refractivity contribution in [1.82, 2.24) is 4.90 Å². The number of rotatable bonds is 1. The van der Waals surface area contributed by atoms with Gasteiger partial charge in [-0.15, -0.1) is 0 Å². The fraction of sp³-hybridized carbons (Fsp3) is 0.929. The lowest BCUT2D eigenvalue weighted by Crippen LogP contribution is -2.61. The van der Waals surface area contributed by atoms with E-state index in [-0.39, 0.29) is 5.60 Å². The molecule has 1 aliphatic heterocycles. The molecule has 5 aliphatic rings. The number of aliphatic hydroxyl groups is 1. The summed E-state index contributed by atoms with van der Waals surface area (Å²) in [5, 5.41) is 10.5. The third-order valence-corrected chi connectivity index (χ3v) is 5.66. The summed E-state index contributed by atoms with van der Waals surface area (Å²) in [5.74, 6) is 2.29. The lowest BCUT2D eigenvalue weighted by Gasteiger charge is -2.59. The van der Waals surface area contributed by atoms with E-state index < -0.39 is 0 Å². The molecule has 5 atom stereocenters. The average molecular weight is 235 g/mol. The standard InChI is InChI=1S/C14H21NO2/c16-12-2-1-3-15(12)13-10-4-9-5-11(13)8-14(17,6-9)7-10/h9-11,13,17H,1-8H2/t9?,10-,11+,13?,14?. The van der Waals surface area contributed by atoms with Gasteiger partial charge in [0, 0.05) is 19.0 Å². The van der Waals surface area contributed by atoms with E-state index in [0.29, 0.717) is 23.8 Å². The summed E-state index contributed by atoms with van der Waals surface area (Å²) in [6.07, 6.45) is 7.25. The summed E-state index contributed by atoms with van der Waals surface area (Å²) in [6, 6.07) is 0.474. The zero-order valence-corrected chi connectivity index (χ0v) is 10.3. The second-order valence-electron chi connectivity index (χ2n) is 6.88. The summed E-state index contributed by atoms with van der Waals surface area (Å²) in [6.45, 7) is 0.972. The minimum atomic E-state index is -0.365. The van der Waals surface area contributed by atoms with Crippen molar-refractivity contribution in [3.63, 3.8) is 0 Å². The molecule has 0 radical (unpaired) electrons. The van der Waals surface area contributed by atoms with Crippen LogP contribution in [0.1, 0.15) is 44.9 Å². The summed E-state index contributed by atoms with van der Waals surface area (Å²) in [5.41, 5.74) is -0.365. The largest absolute Gasteiger partial charge is 0.390 e. The van der Waals surface area contributed by atoms with Gasteiger partial charge in [-0.25, -0.2) is 0 Å². The summed E-state index contributed by atoms with van der Waals surface area (Å²) >= 11 is 0. The normalized spacial score (nSPS) is 52.5. The van der Waals surface area contributed by atoms with E-state index in [1.807, 2.05) is 0 Å². The van der Waals surface area contributed by atoms with Gasteiger partial charge in [-0.1, -0.05) is 0 Å². The second-order valence-corrected chi connectivity index (χ2v) is 6.88. The molecule has 5 fully saturated rings. The monoisotopic (exact) mass is 235 g/mol. The van der Waals surface area contributed by atoms with E-state index in [2.05, 4.69) is 4.90 Å². The van der Waals surface area contributed by atoms with Crippen LogP contribution in [0.15, 0.2) is 0 Å². The van der Waals surface area contributed by atoms with Crippen LogP contribution in [0.5, 0.6) is 0 Å².